The van der Waals surface area contributed by atoms with Crippen LogP contribution in [0.15, 0.2) is 59.2 Å². The highest BCUT2D eigenvalue weighted by Crippen LogP contribution is 2.21. The minimum absolute atomic E-state index is 0.130. The molecular formula is C19H17F3N2O2. The number of halogens is 3. The van der Waals surface area contributed by atoms with Crippen LogP contribution in [0.4, 0.5) is 13.2 Å². The van der Waals surface area contributed by atoms with Gasteiger partial charge in [0, 0.05) is 18.7 Å². The number of hydrogen-bond donors (Lipinski definition) is 0. The smallest absolute Gasteiger partial charge is 0.387 e. The SMILES string of the molecule is CN(Cc1cccc(OC(F)F)c1)Cc1coc(-c2ccc(F)cc2)n1. The van der Waals surface area contributed by atoms with Gasteiger partial charge in [0.1, 0.15) is 17.8 Å². The molecule has 4 nitrogen and oxygen atoms in total. The second-order valence-electron chi connectivity index (χ2n) is 5.85. The van der Waals surface area contributed by atoms with Crippen LogP contribution in [0.5, 0.6) is 5.75 Å². The maximum absolute atomic E-state index is 13.0. The zero-order chi connectivity index (χ0) is 18.5. The number of alkyl halides is 2. The Hall–Kier alpha value is -2.80. The molecule has 0 bridgehead atoms. The van der Waals surface area contributed by atoms with E-state index in [1.807, 2.05) is 18.0 Å². The van der Waals surface area contributed by atoms with Crippen molar-refractivity contribution in [2.24, 2.45) is 0 Å². The van der Waals surface area contributed by atoms with Gasteiger partial charge in [0.15, 0.2) is 0 Å². The summed E-state index contributed by atoms with van der Waals surface area (Å²) in [5.74, 6) is 0.227. The molecule has 1 heterocycles. The highest BCUT2D eigenvalue weighted by Gasteiger charge is 2.10. The molecule has 0 N–H and O–H groups in total. The average Bonchev–Trinajstić information content (AvgIpc) is 3.03. The predicted molar refractivity (Wildman–Crippen MR) is 90.1 cm³/mol. The monoisotopic (exact) mass is 362 g/mol. The molecule has 7 heteroatoms. The number of nitrogens with zero attached hydrogens (tertiary/aromatic N) is 2. The molecule has 0 aliphatic heterocycles. The Morgan fingerprint density at radius 2 is 1.88 bits per heavy atom. The molecule has 3 rings (SSSR count). The van der Waals surface area contributed by atoms with Gasteiger partial charge in [0.05, 0.1) is 5.69 Å². The zero-order valence-corrected chi connectivity index (χ0v) is 14.0. The maximum atomic E-state index is 13.0. The van der Waals surface area contributed by atoms with Crippen LogP contribution < -0.4 is 4.74 Å². The molecule has 0 spiro atoms. The highest BCUT2D eigenvalue weighted by atomic mass is 19.3. The fraction of sp³-hybridized carbons (Fsp3) is 0.211. The molecule has 3 aromatic rings. The molecule has 0 atom stereocenters. The van der Waals surface area contributed by atoms with Crippen molar-refractivity contribution in [3.63, 3.8) is 0 Å². The lowest BCUT2D eigenvalue weighted by atomic mass is 10.2. The van der Waals surface area contributed by atoms with Gasteiger partial charge in [0.2, 0.25) is 5.89 Å². The Kier molecular flexibility index (Phi) is 5.58. The first-order chi connectivity index (χ1) is 12.5. The van der Waals surface area contributed by atoms with Crippen LogP contribution in [0.25, 0.3) is 11.5 Å². The number of oxazole rings is 1. The molecule has 26 heavy (non-hydrogen) atoms. The van der Waals surface area contributed by atoms with Crippen LogP contribution in [0.2, 0.25) is 0 Å². The fourth-order valence-corrected chi connectivity index (χ4v) is 2.57. The van der Waals surface area contributed by atoms with Crippen molar-refractivity contribution >= 4 is 0 Å². The van der Waals surface area contributed by atoms with Gasteiger partial charge in [-0.2, -0.15) is 8.78 Å². The van der Waals surface area contributed by atoms with Gasteiger partial charge in [-0.05, 0) is 49.0 Å². The number of benzene rings is 2. The Balaban J connectivity index is 1.62. The van der Waals surface area contributed by atoms with E-state index in [4.69, 9.17) is 4.42 Å². The van der Waals surface area contributed by atoms with Crippen molar-refractivity contribution in [3.8, 4) is 17.2 Å². The summed E-state index contributed by atoms with van der Waals surface area (Å²) in [6.07, 6.45) is 1.55. The summed E-state index contributed by atoms with van der Waals surface area (Å²) in [5.41, 5.74) is 2.25. The van der Waals surface area contributed by atoms with E-state index in [1.165, 1.54) is 18.2 Å². The van der Waals surface area contributed by atoms with Gasteiger partial charge in [-0.3, -0.25) is 4.90 Å². The lowest BCUT2D eigenvalue weighted by Crippen LogP contribution is -2.17. The van der Waals surface area contributed by atoms with E-state index in [0.717, 1.165) is 5.56 Å². The van der Waals surface area contributed by atoms with Crippen molar-refractivity contribution in [1.29, 1.82) is 0 Å². The van der Waals surface area contributed by atoms with Crippen LogP contribution in [0, 0.1) is 5.82 Å². The topological polar surface area (TPSA) is 38.5 Å². The van der Waals surface area contributed by atoms with Crippen LogP contribution in [0.3, 0.4) is 0 Å². The van der Waals surface area contributed by atoms with Crippen LogP contribution in [-0.2, 0) is 13.1 Å². The predicted octanol–water partition coefficient (Wildman–Crippen LogP) is 4.71. The minimum atomic E-state index is -2.84. The zero-order valence-electron chi connectivity index (χ0n) is 14.0. The molecule has 2 aromatic carbocycles. The normalized spacial score (nSPS) is 11.3. The van der Waals surface area contributed by atoms with Gasteiger partial charge in [-0.15, -0.1) is 0 Å². The van der Waals surface area contributed by atoms with Crippen LogP contribution in [-0.4, -0.2) is 23.5 Å². The lowest BCUT2D eigenvalue weighted by Gasteiger charge is -2.15. The van der Waals surface area contributed by atoms with E-state index in [1.54, 1.807) is 30.5 Å². The van der Waals surface area contributed by atoms with Crippen molar-refractivity contribution in [2.45, 2.75) is 19.7 Å². The van der Waals surface area contributed by atoms with E-state index >= 15 is 0 Å². The number of ether oxygens (including phenoxy) is 1. The van der Waals surface area contributed by atoms with Gasteiger partial charge >= 0.3 is 6.61 Å². The van der Waals surface area contributed by atoms with Crippen molar-refractivity contribution < 1.29 is 22.3 Å². The third-order valence-electron chi connectivity index (χ3n) is 3.65. The Morgan fingerprint density at radius 3 is 2.62 bits per heavy atom. The maximum Gasteiger partial charge on any atom is 0.387 e. The minimum Gasteiger partial charge on any atom is -0.444 e. The molecule has 136 valence electrons. The standard InChI is InChI=1S/C19H17F3N2O2/c1-24(10-13-3-2-4-17(9-13)26-19(21)22)11-16-12-25-18(23-16)14-5-7-15(20)8-6-14/h2-9,12,19H,10-11H2,1H3. The molecule has 0 saturated carbocycles. The summed E-state index contributed by atoms with van der Waals surface area (Å²) >= 11 is 0. The summed E-state index contributed by atoms with van der Waals surface area (Å²) in [6.45, 7) is -1.81. The summed E-state index contributed by atoms with van der Waals surface area (Å²) < 4.78 is 47.4. The fourth-order valence-electron chi connectivity index (χ4n) is 2.57. The largest absolute Gasteiger partial charge is 0.444 e. The molecule has 0 aliphatic carbocycles. The van der Waals surface area contributed by atoms with Gasteiger partial charge in [-0.25, -0.2) is 9.37 Å². The number of hydrogen-bond acceptors (Lipinski definition) is 4. The van der Waals surface area contributed by atoms with Crippen molar-refractivity contribution in [3.05, 3.63) is 71.9 Å². The van der Waals surface area contributed by atoms with Gasteiger partial charge in [-0.1, -0.05) is 12.1 Å². The van der Waals surface area contributed by atoms with E-state index in [2.05, 4.69) is 9.72 Å². The second kappa shape index (κ2) is 8.05. The molecule has 1 aromatic heterocycles. The Morgan fingerprint density at radius 1 is 1.12 bits per heavy atom. The number of rotatable bonds is 7. The molecule has 0 fully saturated rings. The molecule has 0 saturated heterocycles. The number of aromatic nitrogens is 1. The van der Waals surface area contributed by atoms with E-state index in [9.17, 15) is 13.2 Å². The molecular weight excluding hydrogens is 345 g/mol. The summed E-state index contributed by atoms with van der Waals surface area (Å²) in [7, 11) is 1.88. The highest BCUT2D eigenvalue weighted by molar-refractivity contribution is 5.52. The molecule has 0 unspecified atom stereocenters. The summed E-state index contributed by atoms with van der Waals surface area (Å²) in [6, 6.07) is 12.5. The molecule has 0 amide bonds. The van der Waals surface area contributed by atoms with Crippen LogP contribution in [0.1, 0.15) is 11.3 Å². The first-order valence-corrected chi connectivity index (χ1v) is 7.92. The third-order valence-corrected chi connectivity index (χ3v) is 3.65. The quantitative estimate of drug-likeness (QED) is 0.610. The van der Waals surface area contributed by atoms with E-state index < -0.39 is 6.61 Å². The second-order valence-corrected chi connectivity index (χ2v) is 5.85. The molecule has 0 radical (unpaired) electrons. The Bertz CT molecular complexity index is 850. The molecule has 0 aliphatic rings. The first-order valence-electron chi connectivity index (χ1n) is 7.92. The summed E-state index contributed by atoms with van der Waals surface area (Å²) in [5, 5.41) is 0. The van der Waals surface area contributed by atoms with Crippen LogP contribution >= 0.6 is 0 Å². The van der Waals surface area contributed by atoms with Crippen molar-refractivity contribution in [1.82, 2.24) is 9.88 Å². The van der Waals surface area contributed by atoms with Gasteiger partial charge in [0.25, 0.3) is 0 Å². The average molecular weight is 362 g/mol. The van der Waals surface area contributed by atoms with Crippen molar-refractivity contribution in [2.75, 3.05) is 7.05 Å². The Labute approximate surface area is 148 Å². The summed E-state index contributed by atoms with van der Waals surface area (Å²) in [4.78, 5) is 6.36. The third kappa shape index (κ3) is 4.86. The lowest BCUT2D eigenvalue weighted by molar-refractivity contribution is -0.0499. The van der Waals surface area contributed by atoms with Gasteiger partial charge < -0.3 is 9.15 Å². The van der Waals surface area contributed by atoms with E-state index in [0.29, 0.717) is 30.2 Å². The van der Waals surface area contributed by atoms with E-state index in [-0.39, 0.29) is 11.6 Å². The first kappa shape index (κ1) is 18.0.